The first-order valence-electron chi connectivity index (χ1n) is 4.34. The zero-order valence-corrected chi connectivity index (χ0v) is 7.70. The molecule has 0 atom stereocenters. The van der Waals surface area contributed by atoms with Crippen LogP contribution in [0.4, 0.5) is 0 Å². The number of rotatable bonds is 1. The highest BCUT2D eigenvalue weighted by atomic mass is 35.5. The average Bonchev–Trinajstić information content (AvgIpc) is 2.87. The van der Waals surface area contributed by atoms with Crippen LogP contribution >= 0.6 is 11.6 Å². The third kappa shape index (κ3) is 1.11. The Hall–Kier alpha value is -1.09. The van der Waals surface area contributed by atoms with Crippen LogP contribution in [0.25, 0.3) is 5.65 Å². The second-order valence-corrected chi connectivity index (χ2v) is 3.75. The van der Waals surface area contributed by atoms with Crippen molar-refractivity contribution in [2.24, 2.45) is 0 Å². The molecule has 4 heteroatoms. The van der Waals surface area contributed by atoms with E-state index in [9.17, 15) is 0 Å². The average molecular weight is 194 g/mol. The molecule has 66 valence electrons. The Morgan fingerprint density at radius 2 is 2.31 bits per heavy atom. The number of nitrogens with zero attached hydrogens (tertiary/aromatic N) is 3. The lowest BCUT2D eigenvalue weighted by Crippen LogP contribution is -1.84. The van der Waals surface area contributed by atoms with Gasteiger partial charge in [-0.25, -0.2) is 9.97 Å². The van der Waals surface area contributed by atoms with Gasteiger partial charge in [0.1, 0.15) is 0 Å². The van der Waals surface area contributed by atoms with Crippen LogP contribution in [0.3, 0.4) is 0 Å². The summed E-state index contributed by atoms with van der Waals surface area (Å²) in [7, 11) is 0. The first kappa shape index (κ1) is 7.33. The molecule has 0 radical (unpaired) electrons. The number of halogens is 1. The molecule has 2 aromatic rings. The molecule has 0 saturated heterocycles. The molecule has 1 aliphatic rings. The smallest absolute Gasteiger partial charge is 0.175 e. The normalized spacial score (nSPS) is 16.7. The second kappa shape index (κ2) is 2.45. The predicted molar refractivity (Wildman–Crippen MR) is 50.0 cm³/mol. The quantitative estimate of drug-likeness (QED) is 0.696. The molecule has 2 aromatic heterocycles. The fourth-order valence-electron chi connectivity index (χ4n) is 1.48. The Morgan fingerprint density at radius 1 is 1.46 bits per heavy atom. The topological polar surface area (TPSA) is 30.2 Å². The Morgan fingerprint density at radius 3 is 3.00 bits per heavy atom. The van der Waals surface area contributed by atoms with Gasteiger partial charge in [0.05, 0.1) is 5.69 Å². The van der Waals surface area contributed by atoms with Crippen LogP contribution in [0.5, 0.6) is 0 Å². The van der Waals surface area contributed by atoms with Crippen LogP contribution in [0.15, 0.2) is 18.6 Å². The Bertz CT molecular complexity index is 459. The van der Waals surface area contributed by atoms with Gasteiger partial charge in [-0.15, -0.1) is 0 Å². The third-order valence-electron chi connectivity index (χ3n) is 2.35. The molecule has 3 nitrogen and oxygen atoms in total. The molecule has 3 rings (SSSR count). The van der Waals surface area contributed by atoms with Crippen molar-refractivity contribution in [2.45, 2.75) is 18.8 Å². The summed E-state index contributed by atoms with van der Waals surface area (Å²) in [5.41, 5.74) is 1.92. The van der Waals surface area contributed by atoms with Crippen molar-refractivity contribution >= 4 is 17.2 Å². The summed E-state index contributed by atoms with van der Waals surface area (Å²) in [4.78, 5) is 8.43. The van der Waals surface area contributed by atoms with E-state index < -0.39 is 0 Å². The highest BCUT2D eigenvalue weighted by Crippen LogP contribution is 2.39. The van der Waals surface area contributed by atoms with Gasteiger partial charge in [-0.05, 0) is 12.8 Å². The van der Waals surface area contributed by atoms with E-state index in [1.54, 1.807) is 6.20 Å². The van der Waals surface area contributed by atoms with Gasteiger partial charge >= 0.3 is 0 Å². The number of aromatic nitrogens is 3. The van der Waals surface area contributed by atoms with Gasteiger partial charge in [0, 0.05) is 24.5 Å². The molecule has 1 aliphatic carbocycles. The predicted octanol–water partition coefficient (Wildman–Crippen LogP) is 2.26. The Balaban J connectivity index is 2.26. The van der Waals surface area contributed by atoms with Crippen LogP contribution < -0.4 is 0 Å². The van der Waals surface area contributed by atoms with Crippen LogP contribution in [-0.4, -0.2) is 14.4 Å². The van der Waals surface area contributed by atoms with E-state index in [-0.39, 0.29) is 0 Å². The highest BCUT2D eigenvalue weighted by molar-refractivity contribution is 6.32. The van der Waals surface area contributed by atoms with E-state index in [2.05, 4.69) is 9.97 Å². The second-order valence-electron chi connectivity index (χ2n) is 3.39. The third-order valence-corrected chi connectivity index (χ3v) is 2.61. The SMILES string of the molecule is Clc1nccn2cc(C3CC3)nc12. The lowest BCUT2D eigenvalue weighted by Gasteiger charge is -1.91. The summed E-state index contributed by atoms with van der Waals surface area (Å²) in [6.45, 7) is 0. The Labute approximate surface area is 80.4 Å². The van der Waals surface area contributed by atoms with Gasteiger partial charge in [-0.3, -0.25) is 0 Å². The van der Waals surface area contributed by atoms with E-state index >= 15 is 0 Å². The van der Waals surface area contributed by atoms with Gasteiger partial charge in [-0.2, -0.15) is 0 Å². The largest absolute Gasteiger partial charge is 0.303 e. The van der Waals surface area contributed by atoms with E-state index in [1.165, 1.54) is 12.8 Å². The van der Waals surface area contributed by atoms with Crippen molar-refractivity contribution < 1.29 is 0 Å². The molecule has 1 saturated carbocycles. The van der Waals surface area contributed by atoms with Crippen molar-refractivity contribution in [3.63, 3.8) is 0 Å². The summed E-state index contributed by atoms with van der Waals surface area (Å²) in [5, 5.41) is 0.481. The molecular weight excluding hydrogens is 186 g/mol. The molecule has 0 N–H and O–H groups in total. The summed E-state index contributed by atoms with van der Waals surface area (Å²) in [6.07, 6.45) is 8.12. The fraction of sp³-hybridized carbons (Fsp3) is 0.333. The van der Waals surface area contributed by atoms with Crippen molar-refractivity contribution in [3.8, 4) is 0 Å². The molecule has 0 bridgehead atoms. The van der Waals surface area contributed by atoms with Gasteiger partial charge in [0.2, 0.25) is 0 Å². The first-order valence-corrected chi connectivity index (χ1v) is 4.71. The van der Waals surface area contributed by atoms with E-state index in [0.29, 0.717) is 11.1 Å². The molecule has 0 aliphatic heterocycles. The van der Waals surface area contributed by atoms with Gasteiger partial charge in [0.25, 0.3) is 0 Å². The fourth-order valence-corrected chi connectivity index (χ4v) is 1.68. The minimum Gasteiger partial charge on any atom is -0.303 e. The van der Waals surface area contributed by atoms with Crippen molar-refractivity contribution in [2.75, 3.05) is 0 Å². The van der Waals surface area contributed by atoms with E-state index in [4.69, 9.17) is 11.6 Å². The summed E-state index contributed by atoms with van der Waals surface area (Å²) >= 11 is 5.90. The maximum absolute atomic E-state index is 5.90. The lowest BCUT2D eigenvalue weighted by molar-refractivity contribution is 1.06. The maximum Gasteiger partial charge on any atom is 0.175 e. The highest BCUT2D eigenvalue weighted by Gasteiger charge is 2.26. The molecule has 0 spiro atoms. The minimum absolute atomic E-state index is 0.481. The molecule has 0 amide bonds. The van der Waals surface area contributed by atoms with Gasteiger partial charge < -0.3 is 4.40 Å². The van der Waals surface area contributed by atoms with Crippen LogP contribution in [0.2, 0.25) is 5.15 Å². The van der Waals surface area contributed by atoms with E-state index in [1.807, 2.05) is 16.8 Å². The van der Waals surface area contributed by atoms with Gasteiger partial charge in [-0.1, -0.05) is 11.6 Å². The number of fused-ring (bicyclic) bond motifs is 1. The molecule has 2 heterocycles. The number of hydrogen-bond donors (Lipinski definition) is 0. The summed E-state index contributed by atoms with van der Waals surface area (Å²) < 4.78 is 1.93. The molecular formula is C9H8ClN3. The van der Waals surface area contributed by atoms with Gasteiger partial charge in [0.15, 0.2) is 10.8 Å². The van der Waals surface area contributed by atoms with Crippen molar-refractivity contribution in [1.29, 1.82) is 0 Å². The summed E-state index contributed by atoms with van der Waals surface area (Å²) in [5.74, 6) is 0.663. The maximum atomic E-state index is 5.90. The van der Waals surface area contributed by atoms with Crippen LogP contribution in [0, 0.1) is 0 Å². The van der Waals surface area contributed by atoms with Crippen LogP contribution in [0.1, 0.15) is 24.5 Å². The minimum atomic E-state index is 0.481. The van der Waals surface area contributed by atoms with Crippen LogP contribution in [-0.2, 0) is 0 Å². The number of imidazole rings is 1. The molecule has 0 unspecified atom stereocenters. The number of hydrogen-bond acceptors (Lipinski definition) is 2. The zero-order chi connectivity index (χ0) is 8.84. The van der Waals surface area contributed by atoms with Crippen molar-refractivity contribution in [1.82, 2.24) is 14.4 Å². The molecule has 1 fully saturated rings. The first-order chi connectivity index (χ1) is 6.34. The van der Waals surface area contributed by atoms with Crippen molar-refractivity contribution in [3.05, 3.63) is 29.4 Å². The zero-order valence-electron chi connectivity index (χ0n) is 6.94. The molecule has 13 heavy (non-hydrogen) atoms. The van der Waals surface area contributed by atoms with E-state index in [0.717, 1.165) is 11.3 Å². The molecule has 0 aromatic carbocycles. The standard InChI is InChI=1S/C9H8ClN3/c10-8-9-12-7(6-1-2-6)5-13(9)4-3-11-8/h3-6H,1-2H2. The Kier molecular flexibility index (Phi) is 1.38. The monoisotopic (exact) mass is 193 g/mol. The summed E-state index contributed by atoms with van der Waals surface area (Å²) in [6, 6.07) is 0. The lowest BCUT2D eigenvalue weighted by atomic mass is 10.3.